The fourth-order valence-electron chi connectivity index (χ4n) is 2.99. The van der Waals surface area contributed by atoms with Gasteiger partial charge in [-0.25, -0.2) is 0 Å². The van der Waals surface area contributed by atoms with Gasteiger partial charge in [-0.05, 0) is 31.4 Å². The van der Waals surface area contributed by atoms with Gasteiger partial charge in [0, 0.05) is 23.9 Å². The molecule has 3 rings (SSSR count). The van der Waals surface area contributed by atoms with Crippen LogP contribution in [0, 0.1) is 5.92 Å². The van der Waals surface area contributed by atoms with Crippen molar-refractivity contribution >= 4 is 23.2 Å². The largest absolute Gasteiger partial charge is 0.481 e. The number of piperidine rings is 1. The van der Waals surface area contributed by atoms with Crippen LogP contribution in [-0.2, 0) is 22.6 Å². The quantitative estimate of drug-likeness (QED) is 0.909. The number of hydrogen-bond donors (Lipinski definition) is 1. The average Bonchev–Trinajstić information content (AvgIpc) is 2.90. The molecule has 2 aliphatic rings. The molecule has 114 valence electrons. The van der Waals surface area contributed by atoms with Gasteiger partial charge in [0.2, 0.25) is 0 Å². The van der Waals surface area contributed by atoms with Crippen LogP contribution in [-0.4, -0.2) is 41.1 Å². The number of ether oxygens (including phenoxy) is 1. The summed E-state index contributed by atoms with van der Waals surface area (Å²) < 4.78 is 5.41. The van der Waals surface area contributed by atoms with Crippen molar-refractivity contribution in [2.45, 2.75) is 38.8 Å². The Labute approximate surface area is 127 Å². The Hall–Kier alpha value is -1.40. The zero-order valence-corrected chi connectivity index (χ0v) is 12.8. The fourth-order valence-corrected chi connectivity index (χ4v) is 4.09. The van der Waals surface area contributed by atoms with Crippen LogP contribution in [0.1, 0.15) is 39.9 Å². The molecule has 1 N–H and O–H groups in total. The van der Waals surface area contributed by atoms with Gasteiger partial charge >= 0.3 is 5.97 Å². The van der Waals surface area contributed by atoms with Gasteiger partial charge in [0.1, 0.15) is 0 Å². The first-order valence-electron chi connectivity index (χ1n) is 7.29. The first-order valence-corrected chi connectivity index (χ1v) is 8.11. The molecule has 0 spiro atoms. The number of carbonyl (C=O) groups is 2. The lowest BCUT2D eigenvalue weighted by Crippen LogP contribution is -2.47. The van der Waals surface area contributed by atoms with Crippen LogP contribution in [0.4, 0.5) is 0 Å². The summed E-state index contributed by atoms with van der Waals surface area (Å²) in [6.45, 7) is 3.59. The van der Waals surface area contributed by atoms with Gasteiger partial charge in [-0.3, -0.25) is 9.59 Å². The van der Waals surface area contributed by atoms with Crippen molar-refractivity contribution in [3.8, 4) is 0 Å². The molecular weight excluding hydrogens is 290 g/mol. The summed E-state index contributed by atoms with van der Waals surface area (Å²) in [5.74, 6) is -1.28. The monoisotopic (exact) mass is 309 g/mol. The Bertz CT molecular complexity index is 545. The van der Waals surface area contributed by atoms with Crippen molar-refractivity contribution in [1.29, 1.82) is 0 Å². The molecule has 1 aromatic rings. The molecule has 1 amide bonds. The van der Waals surface area contributed by atoms with Crippen molar-refractivity contribution in [3.63, 3.8) is 0 Å². The highest BCUT2D eigenvalue weighted by Gasteiger charge is 2.33. The minimum atomic E-state index is -0.807. The molecule has 0 saturated carbocycles. The lowest BCUT2D eigenvalue weighted by atomic mass is 9.93. The minimum absolute atomic E-state index is 0.0344. The number of nitrogens with zero attached hydrogens (tertiary/aromatic N) is 1. The van der Waals surface area contributed by atoms with Crippen LogP contribution < -0.4 is 0 Å². The van der Waals surface area contributed by atoms with Crippen molar-refractivity contribution in [2.24, 2.45) is 5.92 Å². The highest BCUT2D eigenvalue weighted by atomic mass is 32.1. The predicted molar refractivity (Wildman–Crippen MR) is 78.5 cm³/mol. The molecule has 1 aromatic heterocycles. The number of carboxylic acids is 1. The highest BCUT2D eigenvalue weighted by molar-refractivity contribution is 7.14. The second kappa shape index (κ2) is 5.77. The molecule has 2 atom stereocenters. The normalized spacial score (nSPS) is 25.5. The van der Waals surface area contributed by atoms with Gasteiger partial charge in [0.05, 0.1) is 24.0 Å². The summed E-state index contributed by atoms with van der Waals surface area (Å²) in [5, 5.41) is 9.18. The molecule has 0 radical (unpaired) electrons. The number of amides is 1. The average molecular weight is 309 g/mol. The van der Waals surface area contributed by atoms with Crippen LogP contribution in [0.25, 0.3) is 0 Å². The molecule has 2 unspecified atom stereocenters. The molecule has 1 saturated heterocycles. The molecule has 21 heavy (non-hydrogen) atoms. The van der Waals surface area contributed by atoms with E-state index in [4.69, 9.17) is 4.74 Å². The third kappa shape index (κ3) is 2.82. The second-order valence-corrected chi connectivity index (χ2v) is 6.92. The fraction of sp³-hybridized carbons (Fsp3) is 0.600. The van der Waals surface area contributed by atoms with Crippen molar-refractivity contribution in [2.75, 3.05) is 13.2 Å². The summed E-state index contributed by atoms with van der Waals surface area (Å²) >= 11 is 1.53. The van der Waals surface area contributed by atoms with Crippen LogP contribution in [0.3, 0.4) is 0 Å². The molecule has 1 fully saturated rings. The number of aliphatic carboxylic acids is 1. The molecule has 0 bridgehead atoms. The standard InChI is InChI=1S/C15H19NO4S/c1-9-2-3-10(15(18)19)7-16(9)14(17)13-6-11-8-20-5-4-12(11)21-13/h6,9-10H,2-5,7-8H2,1H3,(H,18,19). The summed E-state index contributed by atoms with van der Waals surface area (Å²) in [5.41, 5.74) is 1.11. The van der Waals surface area contributed by atoms with E-state index >= 15 is 0 Å². The van der Waals surface area contributed by atoms with Crippen molar-refractivity contribution in [3.05, 3.63) is 21.4 Å². The number of likely N-dealkylation sites (tertiary alicyclic amines) is 1. The predicted octanol–water partition coefficient (Wildman–Crippen LogP) is 2.15. The zero-order valence-electron chi connectivity index (χ0n) is 12.0. The lowest BCUT2D eigenvalue weighted by Gasteiger charge is -2.36. The minimum Gasteiger partial charge on any atom is -0.481 e. The molecular formula is C15H19NO4S. The molecule has 6 heteroatoms. The Morgan fingerprint density at radius 3 is 2.95 bits per heavy atom. The summed E-state index contributed by atoms with van der Waals surface area (Å²) in [7, 11) is 0. The van der Waals surface area contributed by atoms with Crippen LogP contribution >= 0.6 is 11.3 Å². The second-order valence-electron chi connectivity index (χ2n) is 5.78. The van der Waals surface area contributed by atoms with E-state index in [-0.39, 0.29) is 11.9 Å². The van der Waals surface area contributed by atoms with Crippen molar-refractivity contribution < 1.29 is 19.4 Å². The van der Waals surface area contributed by atoms with E-state index in [1.807, 2.05) is 13.0 Å². The molecule has 0 aliphatic carbocycles. The van der Waals surface area contributed by atoms with E-state index < -0.39 is 11.9 Å². The summed E-state index contributed by atoms with van der Waals surface area (Å²) in [6.07, 6.45) is 2.26. The van der Waals surface area contributed by atoms with E-state index in [2.05, 4.69) is 0 Å². The number of thiophene rings is 1. The van der Waals surface area contributed by atoms with Crippen molar-refractivity contribution in [1.82, 2.24) is 4.90 Å². The number of carboxylic acid groups (broad SMARTS) is 1. The summed E-state index contributed by atoms with van der Waals surface area (Å²) in [6, 6.07) is 2.02. The number of fused-ring (bicyclic) bond motifs is 1. The van der Waals surface area contributed by atoms with E-state index in [0.717, 1.165) is 18.4 Å². The Morgan fingerprint density at radius 2 is 2.24 bits per heavy atom. The van der Waals surface area contributed by atoms with E-state index in [1.54, 1.807) is 4.90 Å². The highest BCUT2D eigenvalue weighted by Crippen LogP contribution is 2.30. The molecule has 0 aromatic carbocycles. The molecule has 2 aliphatic heterocycles. The Kier molecular flexibility index (Phi) is 3.99. The summed E-state index contributed by atoms with van der Waals surface area (Å²) in [4.78, 5) is 27.5. The molecule has 3 heterocycles. The van der Waals surface area contributed by atoms with Crippen LogP contribution in [0.15, 0.2) is 6.07 Å². The van der Waals surface area contributed by atoms with Gasteiger partial charge < -0.3 is 14.7 Å². The number of hydrogen-bond acceptors (Lipinski definition) is 4. The number of carbonyl (C=O) groups excluding carboxylic acids is 1. The molecule has 5 nitrogen and oxygen atoms in total. The maximum Gasteiger partial charge on any atom is 0.308 e. The van der Waals surface area contributed by atoms with E-state index in [9.17, 15) is 14.7 Å². The lowest BCUT2D eigenvalue weighted by molar-refractivity contribution is -0.143. The van der Waals surface area contributed by atoms with Gasteiger partial charge in [-0.1, -0.05) is 0 Å². The topological polar surface area (TPSA) is 66.8 Å². The van der Waals surface area contributed by atoms with Gasteiger partial charge in [-0.2, -0.15) is 0 Å². The first kappa shape index (κ1) is 14.5. The maximum absolute atomic E-state index is 12.7. The maximum atomic E-state index is 12.7. The number of rotatable bonds is 2. The third-order valence-electron chi connectivity index (χ3n) is 4.33. The van der Waals surface area contributed by atoms with Gasteiger partial charge in [0.15, 0.2) is 0 Å². The van der Waals surface area contributed by atoms with Gasteiger partial charge in [-0.15, -0.1) is 11.3 Å². The van der Waals surface area contributed by atoms with Gasteiger partial charge in [0.25, 0.3) is 5.91 Å². The smallest absolute Gasteiger partial charge is 0.308 e. The van der Waals surface area contributed by atoms with Crippen LogP contribution in [0.5, 0.6) is 0 Å². The third-order valence-corrected chi connectivity index (χ3v) is 5.56. The zero-order chi connectivity index (χ0) is 15.0. The van der Waals surface area contributed by atoms with Crippen LogP contribution in [0.2, 0.25) is 0 Å². The van der Waals surface area contributed by atoms with E-state index in [0.29, 0.717) is 31.1 Å². The first-order chi connectivity index (χ1) is 10.1. The van der Waals surface area contributed by atoms with E-state index in [1.165, 1.54) is 16.2 Å². The SMILES string of the molecule is CC1CCC(C(=O)O)CN1C(=O)c1cc2c(s1)CCOC2. The Balaban J connectivity index is 1.79. The Morgan fingerprint density at radius 1 is 1.43 bits per heavy atom.